The Labute approximate surface area is 88.4 Å². The van der Waals surface area contributed by atoms with E-state index in [2.05, 4.69) is 4.84 Å². The Bertz CT molecular complexity index is 315. The van der Waals surface area contributed by atoms with Crippen LogP contribution in [0.5, 0.6) is 5.75 Å². The molecule has 0 radical (unpaired) electrons. The van der Waals surface area contributed by atoms with E-state index in [1.807, 2.05) is 6.92 Å². The van der Waals surface area contributed by atoms with Crippen molar-refractivity contribution in [1.29, 1.82) is 0 Å². The van der Waals surface area contributed by atoms with Crippen LogP contribution in [0.2, 0.25) is 5.02 Å². The fraction of sp³-hybridized carbons (Fsp3) is 0.400. The number of phenols is 1. The Kier molecular flexibility index (Phi) is 4.20. The first-order chi connectivity index (χ1) is 6.69. The molecule has 0 saturated carbocycles. The molecule has 3 nitrogen and oxygen atoms in total. The predicted octanol–water partition coefficient (Wildman–Crippen LogP) is 2.04. The van der Waals surface area contributed by atoms with Crippen molar-refractivity contribution >= 4 is 11.6 Å². The predicted molar refractivity (Wildman–Crippen MR) is 56.3 cm³/mol. The van der Waals surface area contributed by atoms with Gasteiger partial charge in [-0.2, -0.15) is 0 Å². The molecule has 0 unspecified atom stereocenters. The van der Waals surface area contributed by atoms with Crippen molar-refractivity contribution in [2.45, 2.75) is 19.8 Å². The van der Waals surface area contributed by atoms with Crippen LogP contribution >= 0.6 is 11.6 Å². The summed E-state index contributed by atoms with van der Waals surface area (Å²) in [4.78, 5) is 4.46. The lowest BCUT2D eigenvalue weighted by atomic mass is 10.0. The second kappa shape index (κ2) is 5.20. The van der Waals surface area contributed by atoms with E-state index in [1.165, 1.54) is 0 Å². The zero-order valence-corrected chi connectivity index (χ0v) is 8.84. The van der Waals surface area contributed by atoms with Gasteiger partial charge in [-0.15, -0.1) is 0 Å². The number of hydrogen-bond donors (Lipinski definition) is 2. The highest BCUT2D eigenvalue weighted by Gasteiger charge is 2.07. The van der Waals surface area contributed by atoms with Crippen LogP contribution in [0.4, 0.5) is 0 Å². The van der Waals surface area contributed by atoms with E-state index in [0.29, 0.717) is 23.8 Å². The van der Waals surface area contributed by atoms with Gasteiger partial charge in [-0.25, -0.2) is 5.90 Å². The van der Waals surface area contributed by atoms with Crippen molar-refractivity contribution in [3.63, 3.8) is 0 Å². The number of hydrogen-bond acceptors (Lipinski definition) is 3. The van der Waals surface area contributed by atoms with Gasteiger partial charge < -0.3 is 9.94 Å². The van der Waals surface area contributed by atoms with Crippen LogP contribution in [0.1, 0.15) is 18.1 Å². The molecular weight excluding hydrogens is 202 g/mol. The fourth-order valence-electron chi connectivity index (χ4n) is 1.35. The first kappa shape index (κ1) is 11.3. The number of benzene rings is 1. The van der Waals surface area contributed by atoms with E-state index in [4.69, 9.17) is 17.5 Å². The highest BCUT2D eigenvalue weighted by atomic mass is 35.5. The summed E-state index contributed by atoms with van der Waals surface area (Å²) in [6.07, 6.45) is 1.32. The SMILES string of the molecule is CCc1cc(Cl)cc(CCON)c1O. The minimum Gasteiger partial charge on any atom is -0.507 e. The van der Waals surface area contributed by atoms with Crippen LogP contribution in [-0.2, 0) is 17.7 Å². The molecule has 78 valence electrons. The molecule has 1 aromatic rings. The van der Waals surface area contributed by atoms with Gasteiger partial charge in [0.1, 0.15) is 5.75 Å². The third kappa shape index (κ3) is 2.61. The van der Waals surface area contributed by atoms with E-state index >= 15 is 0 Å². The summed E-state index contributed by atoms with van der Waals surface area (Å²) in [5.74, 6) is 5.22. The van der Waals surface area contributed by atoms with Gasteiger partial charge in [-0.05, 0) is 29.7 Å². The molecule has 0 aliphatic rings. The van der Waals surface area contributed by atoms with Crippen LogP contribution in [0, 0.1) is 0 Å². The summed E-state index contributed by atoms with van der Waals surface area (Å²) >= 11 is 5.90. The van der Waals surface area contributed by atoms with Crippen molar-refractivity contribution in [1.82, 2.24) is 0 Å². The first-order valence-corrected chi connectivity index (χ1v) is 4.88. The van der Waals surface area contributed by atoms with Gasteiger partial charge in [0.2, 0.25) is 0 Å². The van der Waals surface area contributed by atoms with E-state index < -0.39 is 0 Å². The molecule has 1 rings (SSSR count). The summed E-state index contributed by atoms with van der Waals surface area (Å²) in [6.45, 7) is 2.34. The van der Waals surface area contributed by atoms with Crippen molar-refractivity contribution in [3.8, 4) is 5.75 Å². The summed E-state index contributed by atoms with van der Waals surface area (Å²) < 4.78 is 0. The second-order valence-electron chi connectivity index (χ2n) is 3.05. The molecule has 0 heterocycles. The molecule has 0 bridgehead atoms. The maximum absolute atomic E-state index is 9.78. The van der Waals surface area contributed by atoms with Crippen LogP contribution in [-0.4, -0.2) is 11.7 Å². The van der Waals surface area contributed by atoms with Gasteiger partial charge in [-0.1, -0.05) is 18.5 Å². The zero-order chi connectivity index (χ0) is 10.6. The average molecular weight is 216 g/mol. The van der Waals surface area contributed by atoms with Gasteiger partial charge in [0.15, 0.2) is 0 Å². The Hall–Kier alpha value is -0.770. The van der Waals surface area contributed by atoms with Crippen molar-refractivity contribution in [2.75, 3.05) is 6.61 Å². The molecule has 0 amide bonds. The molecule has 3 N–H and O–H groups in total. The number of phenolic OH excluding ortho intramolecular Hbond substituents is 1. The largest absolute Gasteiger partial charge is 0.507 e. The molecule has 14 heavy (non-hydrogen) atoms. The number of aryl methyl sites for hydroxylation is 1. The summed E-state index contributed by atoms with van der Waals surface area (Å²) in [5, 5.41) is 10.4. The topological polar surface area (TPSA) is 55.5 Å². The Morgan fingerprint density at radius 3 is 2.64 bits per heavy atom. The fourth-order valence-corrected chi connectivity index (χ4v) is 1.61. The number of aromatic hydroxyl groups is 1. The number of halogens is 1. The van der Waals surface area contributed by atoms with Gasteiger partial charge in [-0.3, -0.25) is 0 Å². The van der Waals surface area contributed by atoms with E-state index in [1.54, 1.807) is 12.1 Å². The molecule has 0 aliphatic heterocycles. The van der Waals surface area contributed by atoms with Gasteiger partial charge >= 0.3 is 0 Å². The monoisotopic (exact) mass is 215 g/mol. The zero-order valence-electron chi connectivity index (χ0n) is 8.09. The lowest BCUT2D eigenvalue weighted by molar-refractivity contribution is 0.140. The molecule has 4 heteroatoms. The van der Waals surface area contributed by atoms with Crippen molar-refractivity contribution in [3.05, 3.63) is 28.3 Å². The van der Waals surface area contributed by atoms with E-state index in [-0.39, 0.29) is 0 Å². The quantitative estimate of drug-likeness (QED) is 0.756. The van der Waals surface area contributed by atoms with Crippen LogP contribution in [0.15, 0.2) is 12.1 Å². The minimum atomic E-state index is 0.300. The summed E-state index contributed by atoms with van der Waals surface area (Å²) in [7, 11) is 0. The van der Waals surface area contributed by atoms with Gasteiger partial charge in [0, 0.05) is 11.4 Å². The minimum absolute atomic E-state index is 0.300. The average Bonchev–Trinajstić information content (AvgIpc) is 2.18. The summed E-state index contributed by atoms with van der Waals surface area (Å²) in [6, 6.07) is 3.50. The summed E-state index contributed by atoms with van der Waals surface area (Å²) in [5.41, 5.74) is 1.63. The van der Waals surface area contributed by atoms with E-state index in [9.17, 15) is 5.11 Å². The maximum atomic E-state index is 9.78. The third-order valence-electron chi connectivity index (χ3n) is 2.10. The third-order valence-corrected chi connectivity index (χ3v) is 2.32. The molecule has 0 aliphatic carbocycles. The molecule has 0 fully saturated rings. The highest BCUT2D eigenvalue weighted by Crippen LogP contribution is 2.27. The molecule has 0 atom stereocenters. The molecule has 0 spiro atoms. The lowest BCUT2D eigenvalue weighted by Crippen LogP contribution is -2.04. The Balaban J connectivity index is 2.96. The van der Waals surface area contributed by atoms with E-state index in [0.717, 1.165) is 17.5 Å². The van der Waals surface area contributed by atoms with Crippen molar-refractivity contribution in [2.24, 2.45) is 5.90 Å². The van der Waals surface area contributed by atoms with Crippen LogP contribution in [0.3, 0.4) is 0 Å². The second-order valence-corrected chi connectivity index (χ2v) is 3.48. The van der Waals surface area contributed by atoms with Crippen molar-refractivity contribution < 1.29 is 9.94 Å². The standard InChI is InChI=1S/C10H14ClNO2/c1-2-7-5-9(11)6-8(10(7)13)3-4-14-12/h5-6,13H,2-4,12H2,1H3. The normalized spacial score (nSPS) is 10.5. The maximum Gasteiger partial charge on any atom is 0.122 e. The molecule has 0 saturated heterocycles. The molecule has 0 aromatic heterocycles. The molecule has 1 aromatic carbocycles. The van der Waals surface area contributed by atoms with Crippen LogP contribution < -0.4 is 5.90 Å². The number of rotatable bonds is 4. The van der Waals surface area contributed by atoms with Crippen LogP contribution in [0.25, 0.3) is 0 Å². The Morgan fingerprint density at radius 1 is 1.43 bits per heavy atom. The van der Waals surface area contributed by atoms with Gasteiger partial charge in [0.25, 0.3) is 0 Å². The number of nitrogens with two attached hydrogens (primary N) is 1. The first-order valence-electron chi connectivity index (χ1n) is 4.51. The Morgan fingerprint density at radius 2 is 2.07 bits per heavy atom. The lowest BCUT2D eigenvalue weighted by Gasteiger charge is -2.08. The molecular formula is C10H14ClNO2. The highest BCUT2D eigenvalue weighted by molar-refractivity contribution is 6.30. The van der Waals surface area contributed by atoms with Gasteiger partial charge in [0.05, 0.1) is 6.61 Å². The smallest absolute Gasteiger partial charge is 0.122 e.